The van der Waals surface area contributed by atoms with Crippen LogP contribution in [0.25, 0.3) is 0 Å². The van der Waals surface area contributed by atoms with Gasteiger partial charge in [0, 0.05) is 17.3 Å². The monoisotopic (exact) mass is 369 g/mol. The van der Waals surface area contributed by atoms with Crippen LogP contribution in [0.2, 0.25) is 5.02 Å². The van der Waals surface area contributed by atoms with Crippen LogP contribution in [0.1, 0.15) is 11.1 Å². The SMILES string of the molecule is Cc1ccc(Nc2cnnc(NCc3ccc4c(c3)OCO4)n2)cc1Cl. The van der Waals surface area contributed by atoms with E-state index >= 15 is 0 Å². The fraction of sp³-hybridized carbons (Fsp3) is 0.167. The number of aromatic nitrogens is 3. The number of hydrogen-bond donors (Lipinski definition) is 2. The van der Waals surface area contributed by atoms with Crippen molar-refractivity contribution in [3.05, 3.63) is 58.7 Å². The summed E-state index contributed by atoms with van der Waals surface area (Å²) in [5.74, 6) is 2.50. The van der Waals surface area contributed by atoms with Gasteiger partial charge in [0.15, 0.2) is 17.3 Å². The molecule has 0 aliphatic carbocycles. The summed E-state index contributed by atoms with van der Waals surface area (Å²) in [5.41, 5.74) is 2.88. The maximum atomic E-state index is 6.15. The number of anilines is 3. The Balaban J connectivity index is 1.43. The van der Waals surface area contributed by atoms with Gasteiger partial charge in [0.25, 0.3) is 0 Å². The van der Waals surface area contributed by atoms with Gasteiger partial charge in [0.05, 0.1) is 6.20 Å². The fourth-order valence-electron chi connectivity index (χ4n) is 2.49. The molecule has 3 aromatic rings. The van der Waals surface area contributed by atoms with Gasteiger partial charge in [-0.05, 0) is 42.3 Å². The minimum absolute atomic E-state index is 0.260. The third-order valence-electron chi connectivity index (χ3n) is 3.89. The van der Waals surface area contributed by atoms with Crippen LogP contribution in [0.15, 0.2) is 42.6 Å². The highest BCUT2D eigenvalue weighted by atomic mass is 35.5. The molecule has 26 heavy (non-hydrogen) atoms. The van der Waals surface area contributed by atoms with Crippen LogP contribution in [0.5, 0.6) is 11.5 Å². The topological polar surface area (TPSA) is 81.2 Å². The highest BCUT2D eigenvalue weighted by molar-refractivity contribution is 6.31. The Morgan fingerprint density at radius 2 is 2.00 bits per heavy atom. The highest BCUT2D eigenvalue weighted by Gasteiger charge is 2.13. The maximum absolute atomic E-state index is 6.15. The van der Waals surface area contributed by atoms with E-state index < -0.39 is 0 Å². The maximum Gasteiger partial charge on any atom is 0.244 e. The second-order valence-electron chi connectivity index (χ2n) is 5.80. The van der Waals surface area contributed by atoms with E-state index in [0.29, 0.717) is 23.3 Å². The van der Waals surface area contributed by atoms with E-state index in [-0.39, 0.29) is 6.79 Å². The summed E-state index contributed by atoms with van der Waals surface area (Å²) in [7, 11) is 0. The number of rotatable bonds is 5. The standard InChI is InChI=1S/C18H16ClN5O2/c1-11-2-4-13(7-14(11)19)22-17-9-21-24-18(23-17)20-8-12-3-5-15-16(6-12)26-10-25-15/h2-7,9H,8,10H2,1H3,(H2,20,22,23,24). The van der Waals surface area contributed by atoms with E-state index in [1.165, 1.54) is 0 Å². The van der Waals surface area contributed by atoms with Gasteiger partial charge in [-0.2, -0.15) is 10.1 Å². The molecule has 4 rings (SSSR count). The first-order valence-electron chi connectivity index (χ1n) is 8.03. The Labute approximate surface area is 155 Å². The zero-order valence-electron chi connectivity index (χ0n) is 14.0. The Kier molecular flexibility index (Phi) is 4.45. The lowest BCUT2D eigenvalue weighted by Crippen LogP contribution is -2.06. The summed E-state index contributed by atoms with van der Waals surface area (Å²) in [6.45, 7) is 2.75. The van der Waals surface area contributed by atoms with Crippen LogP contribution >= 0.6 is 11.6 Å². The molecule has 1 aliphatic heterocycles. The predicted octanol–water partition coefficient (Wildman–Crippen LogP) is 3.92. The molecule has 2 N–H and O–H groups in total. The van der Waals surface area contributed by atoms with E-state index in [2.05, 4.69) is 25.8 Å². The van der Waals surface area contributed by atoms with Crippen molar-refractivity contribution in [3.63, 3.8) is 0 Å². The molecule has 7 nitrogen and oxygen atoms in total. The zero-order valence-corrected chi connectivity index (χ0v) is 14.7. The van der Waals surface area contributed by atoms with Crippen molar-refractivity contribution < 1.29 is 9.47 Å². The number of nitrogens with zero attached hydrogens (tertiary/aromatic N) is 3. The molecule has 0 amide bonds. The van der Waals surface area contributed by atoms with Crippen LogP contribution in [0.3, 0.4) is 0 Å². The van der Waals surface area contributed by atoms with Gasteiger partial charge in [-0.25, -0.2) is 0 Å². The molecule has 0 unspecified atom stereocenters. The van der Waals surface area contributed by atoms with E-state index in [9.17, 15) is 0 Å². The lowest BCUT2D eigenvalue weighted by atomic mass is 10.2. The zero-order chi connectivity index (χ0) is 17.9. The minimum atomic E-state index is 0.260. The fourth-order valence-corrected chi connectivity index (χ4v) is 2.67. The summed E-state index contributed by atoms with van der Waals surface area (Å²) in [5, 5.41) is 15.0. The molecule has 132 valence electrons. The predicted molar refractivity (Wildman–Crippen MR) is 99.2 cm³/mol. The average Bonchev–Trinajstić information content (AvgIpc) is 3.11. The number of nitrogens with one attached hydrogen (secondary N) is 2. The molecular weight excluding hydrogens is 354 g/mol. The number of benzene rings is 2. The quantitative estimate of drug-likeness (QED) is 0.705. The van der Waals surface area contributed by atoms with Gasteiger partial charge in [0.2, 0.25) is 12.7 Å². The molecule has 0 spiro atoms. The van der Waals surface area contributed by atoms with E-state index in [1.807, 2.05) is 43.3 Å². The van der Waals surface area contributed by atoms with Crippen molar-refractivity contribution in [1.29, 1.82) is 0 Å². The summed E-state index contributed by atoms with van der Waals surface area (Å²) in [6, 6.07) is 11.5. The molecule has 8 heteroatoms. The molecule has 0 atom stereocenters. The minimum Gasteiger partial charge on any atom is -0.454 e. The molecule has 0 saturated heterocycles. The molecule has 0 saturated carbocycles. The third-order valence-corrected chi connectivity index (χ3v) is 4.30. The van der Waals surface area contributed by atoms with Crippen LogP contribution < -0.4 is 20.1 Å². The largest absolute Gasteiger partial charge is 0.454 e. The number of fused-ring (bicyclic) bond motifs is 1. The molecule has 2 aromatic carbocycles. The van der Waals surface area contributed by atoms with Crippen LogP contribution in [-0.2, 0) is 6.54 Å². The normalized spacial score (nSPS) is 12.1. The van der Waals surface area contributed by atoms with Gasteiger partial charge in [-0.3, -0.25) is 0 Å². The van der Waals surface area contributed by atoms with Gasteiger partial charge in [0.1, 0.15) is 0 Å². The van der Waals surface area contributed by atoms with E-state index in [4.69, 9.17) is 21.1 Å². The molecule has 0 radical (unpaired) electrons. The van der Waals surface area contributed by atoms with Gasteiger partial charge in [-0.1, -0.05) is 23.7 Å². The first-order chi connectivity index (χ1) is 12.7. The highest BCUT2D eigenvalue weighted by Crippen LogP contribution is 2.32. The summed E-state index contributed by atoms with van der Waals surface area (Å²) in [4.78, 5) is 4.41. The van der Waals surface area contributed by atoms with Crippen molar-refractivity contribution in [3.8, 4) is 11.5 Å². The molecule has 0 bridgehead atoms. The Morgan fingerprint density at radius 3 is 2.88 bits per heavy atom. The van der Waals surface area contributed by atoms with Crippen molar-refractivity contribution in [1.82, 2.24) is 15.2 Å². The Hall–Kier alpha value is -3.06. The second kappa shape index (κ2) is 7.05. The molecule has 1 aromatic heterocycles. The van der Waals surface area contributed by atoms with Crippen molar-refractivity contribution >= 4 is 29.1 Å². The number of halogens is 1. The lowest BCUT2D eigenvalue weighted by Gasteiger charge is -2.09. The molecule has 0 fully saturated rings. The van der Waals surface area contributed by atoms with Crippen LogP contribution in [0, 0.1) is 6.92 Å². The molecular formula is C18H16ClN5O2. The summed E-state index contributed by atoms with van der Waals surface area (Å²) < 4.78 is 10.7. The number of ether oxygens (including phenoxy) is 2. The smallest absolute Gasteiger partial charge is 0.244 e. The third kappa shape index (κ3) is 3.62. The number of aryl methyl sites for hydroxylation is 1. The molecule has 2 heterocycles. The lowest BCUT2D eigenvalue weighted by molar-refractivity contribution is 0.174. The van der Waals surface area contributed by atoms with Crippen LogP contribution in [0.4, 0.5) is 17.5 Å². The van der Waals surface area contributed by atoms with Crippen molar-refractivity contribution in [2.45, 2.75) is 13.5 Å². The first-order valence-corrected chi connectivity index (χ1v) is 8.40. The Morgan fingerprint density at radius 1 is 1.12 bits per heavy atom. The van der Waals surface area contributed by atoms with Gasteiger partial charge in [-0.15, -0.1) is 5.10 Å². The van der Waals surface area contributed by atoms with E-state index in [0.717, 1.165) is 28.3 Å². The number of hydrogen-bond acceptors (Lipinski definition) is 7. The first kappa shape index (κ1) is 16.4. The Bertz CT molecular complexity index is 951. The summed E-state index contributed by atoms with van der Waals surface area (Å²) in [6.07, 6.45) is 1.56. The molecule has 1 aliphatic rings. The summed E-state index contributed by atoms with van der Waals surface area (Å²) >= 11 is 6.15. The van der Waals surface area contributed by atoms with Crippen molar-refractivity contribution in [2.24, 2.45) is 0 Å². The van der Waals surface area contributed by atoms with E-state index in [1.54, 1.807) is 6.20 Å². The van der Waals surface area contributed by atoms with Crippen LogP contribution in [-0.4, -0.2) is 22.0 Å². The van der Waals surface area contributed by atoms with Crippen molar-refractivity contribution in [2.75, 3.05) is 17.4 Å². The van der Waals surface area contributed by atoms with Gasteiger partial charge < -0.3 is 20.1 Å². The van der Waals surface area contributed by atoms with Gasteiger partial charge >= 0.3 is 0 Å². The average molecular weight is 370 g/mol. The second-order valence-corrected chi connectivity index (χ2v) is 6.20.